The van der Waals surface area contributed by atoms with Gasteiger partial charge < -0.3 is 5.32 Å². The number of aromatic nitrogens is 6. The molecule has 0 fully saturated rings. The van der Waals surface area contributed by atoms with Gasteiger partial charge >= 0.3 is 0 Å². The predicted molar refractivity (Wildman–Crippen MR) is 102 cm³/mol. The molecule has 11 nitrogen and oxygen atoms in total. The Labute approximate surface area is 165 Å². The summed E-state index contributed by atoms with van der Waals surface area (Å²) >= 11 is 0. The number of carbonyl (C=O) groups excluding carboxylic acids is 1. The summed E-state index contributed by atoms with van der Waals surface area (Å²) in [6.07, 6.45) is 0. The Morgan fingerprint density at radius 1 is 1.07 bits per heavy atom. The smallest absolute Gasteiger partial charge is 0.251 e. The molecule has 0 bridgehead atoms. The van der Waals surface area contributed by atoms with Gasteiger partial charge in [-0.05, 0) is 36.4 Å². The quantitative estimate of drug-likeness (QED) is 0.407. The Morgan fingerprint density at radius 2 is 1.79 bits per heavy atom. The largest absolute Gasteiger partial charge is 0.346 e. The number of para-hydroxylation sites is 1. The molecule has 148 valence electrons. The topological polar surface area (TPSA) is 162 Å². The highest BCUT2D eigenvalue weighted by Gasteiger charge is 2.14. The molecule has 0 radical (unpaired) electrons. The third-order valence-electron chi connectivity index (χ3n) is 4.28. The number of hydrogen-bond donors (Lipinski definition) is 3. The number of nitrogens with zero attached hydrogens (tertiary/aromatic N) is 5. The van der Waals surface area contributed by atoms with Gasteiger partial charge in [0.1, 0.15) is 16.9 Å². The van der Waals surface area contributed by atoms with Gasteiger partial charge in [-0.2, -0.15) is 15.4 Å². The number of hydrogen-bond acceptors (Lipinski definition) is 7. The van der Waals surface area contributed by atoms with Crippen LogP contribution in [0.2, 0.25) is 0 Å². The van der Waals surface area contributed by atoms with Crippen molar-refractivity contribution in [1.82, 2.24) is 35.7 Å². The molecule has 0 saturated heterocycles. The van der Waals surface area contributed by atoms with Gasteiger partial charge in [0.15, 0.2) is 0 Å². The zero-order valence-corrected chi connectivity index (χ0v) is 15.8. The fraction of sp³-hybridized carbons (Fsp3) is 0.118. The SMILES string of the molecule is NS(=O)(=O)c1ccc(C(=O)NCc2n[nH]nc2Cn2nnc3ccccc32)cc1. The first-order valence-electron chi connectivity index (χ1n) is 8.49. The lowest BCUT2D eigenvalue weighted by atomic mass is 10.2. The van der Waals surface area contributed by atoms with Crippen molar-refractivity contribution in [1.29, 1.82) is 0 Å². The van der Waals surface area contributed by atoms with Crippen molar-refractivity contribution in [2.45, 2.75) is 18.0 Å². The molecule has 2 heterocycles. The summed E-state index contributed by atoms with van der Waals surface area (Å²) in [5, 5.41) is 26.8. The first-order chi connectivity index (χ1) is 13.9. The number of primary sulfonamides is 1. The van der Waals surface area contributed by atoms with Crippen molar-refractivity contribution >= 4 is 27.0 Å². The van der Waals surface area contributed by atoms with Crippen LogP contribution in [0.25, 0.3) is 11.0 Å². The normalized spacial score (nSPS) is 11.6. The average Bonchev–Trinajstić information content (AvgIpc) is 3.33. The van der Waals surface area contributed by atoms with Gasteiger partial charge in [-0.1, -0.05) is 17.3 Å². The summed E-state index contributed by atoms with van der Waals surface area (Å²) in [7, 11) is -3.81. The van der Waals surface area contributed by atoms with Crippen LogP contribution in [-0.4, -0.2) is 44.7 Å². The summed E-state index contributed by atoms with van der Waals surface area (Å²) in [5.41, 5.74) is 3.10. The van der Waals surface area contributed by atoms with Gasteiger partial charge in [0.05, 0.1) is 23.5 Å². The van der Waals surface area contributed by atoms with Crippen molar-refractivity contribution in [3.8, 4) is 0 Å². The highest BCUT2D eigenvalue weighted by atomic mass is 32.2. The van der Waals surface area contributed by atoms with Gasteiger partial charge in [-0.15, -0.1) is 5.10 Å². The number of aromatic amines is 1. The molecule has 1 amide bonds. The molecular weight excluding hydrogens is 396 g/mol. The van der Waals surface area contributed by atoms with Crippen LogP contribution in [0.1, 0.15) is 21.7 Å². The molecule has 0 aliphatic rings. The Morgan fingerprint density at radius 3 is 2.55 bits per heavy atom. The van der Waals surface area contributed by atoms with E-state index < -0.39 is 10.0 Å². The summed E-state index contributed by atoms with van der Waals surface area (Å²) in [5.74, 6) is -0.383. The van der Waals surface area contributed by atoms with Gasteiger partial charge in [0.25, 0.3) is 5.91 Å². The van der Waals surface area contributed by atoms with Crippen molar-refractivity contribution in [3.63, 3.8) is 0 Å². The monoisotopic (exact) mass is 412 g/mol. The first-order valence-corrected chi connectivity index (χ1v) is 10.0. The van der Waals surface area contributed by atoms with Crippen LogP contribution in [0.4, 0.5) is 0 Å². The summed E-state index contributed by atoms with van der Waals surface area (Å²) in [4.78, 5) is 12.3. The second-order valence-corrected chi connectivity index (χ2v) is 7.77. The highest BCUT2D eigenvalue weighted by Crippen LogP contribution is 2.13. The van der Waals surface area contributed by atoms with Crippen LogP contribution in [0.5, 0.6) is 0 Å². The minimum Gasteiger partial charge on any atom is -0.346 e. The second-order valence-electron chi connectivity index (χ2n) is 6.20. The minimum atomic E-state index is -3.81. The van der Waals surface area contributed by atoms with Crippen LogP contribution < -0.4 is 10.5 Å². The van der Waals surface area contributed by atoms with E-state index in [1.165, 1.54) is 24.3 Å². The summed E-state index contributed by atoms with van der Waals surface area (Å²) in [6, 6.07) is 12.9. The Hall–Kier alpha value is -3.64. The molecule has 0 aliphatic carbocycles. The van der Waals surface area contributed by atoms with E-state index in [0.717, 1.165) is 11.0 Å². The lowest BCUT2D eigenvalue weighted by Crippen LogP contribution is -2.24. The molecule has 0 aliphatic heterocycles. The van der Waals surface area contributed by atoms with E-state index in [1.807, 2.05) is 24.3 Å². The summed E-state index contributed by atoms with van der Waals surface area (Å²) < 4.78 is 24.3. The zero-order valence-electron chi connectivity index (χ0n) is 15.0. The van der Waals surface area contributed by atoms with Crippen LogP contribution >= 0.6 is 0 Å². The number of benzene rings is 2. The van der Waals surface area contributed by atoms with E-state index in [9.17, 15) is 13.2 Å². The first kappa shape index (κ1) is 18.7. The van der Waals surface area contributed by atoms with Gasteiger partial charge in [0.2, 0.25) is 10.0 Å². The highest BCUT2D eigenvalue weighted by molar-refractivity contribution is 7.89. The number of amides is 1. The molecule has 2 aromatic carbocycles. The number of fused-ring (bicyclic) bond motifs is 1. The Bertz CT molecular complexity index is 1280. The van der Waals surface area contributed by atoms with Crippen LogP contribution in [0, 0.1) is 0 Å². The number of H-pyrrole nitrogens is 1. The molecule has 0 spiro atoms. The third-order valence-corrected chi connectivity index (χ3v) is 5.21. The number of nitrogens with one attached hydrogen (secondary N) is 2. The molecular formula is C17H16N8O3S. The van der Waals surface area contributed by atoms with Crippen LogP contribution in [-0.2, 0) is 23.1 Å². The zero-order chi connectivity index (χ0) is 20.4. The minimum absolute atomic E-state index is 0.0621. The fourth-order valence-electron chi connectivity index (χ4n) is 2.78. The van der Waals surface area contributed by atoms with E-state index in [1.54, 1.807) is 4.68 Å². The molecule has 0 unspecified atom stereocenters. The summed E-state index contributed by atoms with van der Waals surface area (Å²) in [6.45, 7) is 0.472. The molecule has 4 rings (SSSR count). The lowest BCUT2D eigenvalue weighted by Gasteiger charge is -2.06. The molecule has 4 N–H and O–H groups in total. The molecule has 0 saturated carbocycles. The number of nitrogens with two attached hydrogens (primary N) is 1. The molecule has 12 heteroatoms. The standard InChI is InChI=1S/C17H16N8O3S/c18-29(27,28)12-7-5-11(6-8-12)17(26)19-9-14-15(21-23-20-14)10-25-16-4-2-1-3-13(16)22-24-25/h1-8H,9-10H2,(H,19,26)(H2,18,27,28)(H,20,21,23). The average molecular weight is 412 g/mol. The van der Waals surface area contributed by atoms with Crippen molar-refractivity contribution in [2.75, 3.05) is 0 Å². The molecule has 29 heavy (non-hydrogen) atoms. The molecule has 0 atom stereocenters. The van der Waals surface area contributed by atoms with Crippen molar-refractivity contribution in [3.05, 3.63) is 65.5 Å². The molecule has 4 aromatic rings. The van der Waals surface area contributed by atoms with Gasteiger partial charge in [-0.25, -0.2) is 18.2 Å². The number of sulfonamides is 1. The van der Waals surface area contributed by atoms with Crippen LogP contribution in [0.3, 0.4) is 0 Å². The van der Waals surface area contributed by atoms with Gasteiger partial charge in [-0.3, -0.25) is 4.79 Å². The Kier molecular flexibility index (Phi) is 4.78. The maximum Gasteiger partial charge on any atom is 0.251 e. The molecule has 2 aromatic heterocycles. The van der Waals surface area contributed by atoms with E-state index in [-0.39, 0.29) is 17.3 Å². The predicted octanol–water partition coefficient (Wildman–Crippen LogP) is 0.175. The van der Waals surface area contributed by atoms with Crippen molar-refractivity contribution in [2.24, 2.45) is 5.14 Å². The number of carbonyl (C=O) groups is 1. The van der Waals surface area contributed by atoms with E-state index >= 15 is 0 Å². The second kappa shape index (κ2) is 7.41. The lowest BCUT2D eigenvalue weighted by molar-refractivity contribution is 0.0950. The maximum atomic E-state index is 12.3. The third kappa shape index (κ3) is 3.97. The van der Waals surface area contributed by atoms with Gasteiger partial charge in [0, 0.05) is 5.56 Å². The fourth-order valence-corrected chi connectivity index (χ4v) is 3.30. The maximum absolute atomic E-state index is 12.3. The van der Waals surface area contributed by atoms with Crippen molar-refractivity contribution < 1.29 is 13.2 Å². The van der Waals surface area contributed by atoms with Crippen LogP contribution in [0.15, 0.2) is 53.4 Å². The number of rotatable bonds is 6. The van der Waals surface area contributed by atoms with E-state index in [0.29, 0.717) is 23.5 Å². The van der Waals surface area contributed by atoms with E-state index in [2.05, 4.69) is 31.0 Å². The Balaban J connectivity index is 1.45. The van der Waals surface area contributed by atoms with E-state index in [4.69, 9.17) is 5.14 Å².